The Hall–Kier alpha value is -0.570. The van der Waals surface area contributed by atoms with Gasteiger partial charge in [-0.1, -0.05) is 27.7 Å². The van der Waals surface area contributed by atoms with E-state index in [1.807, 2.05) is 0 Å². The van der Waals surface area contributed by atoms with Crippen LogP contribution in [0.15, 0.2) is 0 Å². The molecule has 1 aliphatic carbocycles. The third-order valence-electron chi connectivity index (χ3n) is 5.50. The van der Waals surface area contributed by atoms with Crippen molar-refractivity contribution in [2.45, 2.75) is 46.2 Å². The van der Waals surface area contributed by atoms with Gasteiger partial charge in [0, 0.05) is 31.1 Å². The number of nitrogens with zero attached hydrogens (tertiary/aromatic N) is 1. The summed E-state index contributed by atoms with van der Waals surface area (Å²) in [6.45, 7) is 10.7. The number of carbonyl (C=O) groups excluding carboxylic acids is 1. The summed E-state index contributed by atoms with van der Waals surface area (Å²) in [5.74, 6) is 0.628. The van der Waals surface area contributed by atoms with Crippen molar-refractivity contribution in [3.63, 3.8) is 0 Å². The van der Waals surface area contributed by atoms with E-state index >= 15 is 0 Å². The Balaban J connectivity index is 1.71. The molecule has 4 rings (SSSR count). The fourth-order valence-electron chi connectivity index (χ4n) is 3.69. The summed E-state index contributed by atoms with van der Waals surface area (Å²) in [6.07, 6.45) is 1.27. The molecule has 3 heterocycles. The zero-order chi connectivity index (χ0) is 11.7. The summed E-state index contributed by atoms with van der Waals surface area (Å²) in [5.41, 5.74) is 0.359. The van der Waals surface area contributed by atoms with Crippen molar-refractivity contribution in [3.8, 4) is 0 Å². The van der Waals surface area contributed by atoms with Gasteiger partial charge in [0.2, 0.25) is 5.91 Å². The smallest absolute Gasteiger partial charge is 0.226 e. The van der Waals surface area contributed by atoms with Crippen LogP contribution in [0, 0.1) is 16.7 Å². The van der Waals surface area contributed by atoms with E-state index in [9.17, 15) is 4.79 Å². The highest BCUT2D eigenvalue weighted by Crippen LogP contribution is 2.68. The number of carbonyl (C=O) groups is 1. The molecule has 2 unspecified atom stereocenters. The first kappa shape index (κ1) is 10.6. The molecule has 1 amide bonds. The van der Waals surface area contributed by atoms with E-state index in [1.54, 1.807) is 0 Å². The Morgan fingerprint density at radius 1 is 1.12 bits per heavy atom. The topological polar surface area (TPSA) is 32.3 Å². The largest absolute Gasteiger partial charge is 0.339 e. The van der Waals surface area contributed by atoms with Crippen LogP contribution in [-0.2, 0) is 4.79 Å². The monoisotopic (exact) mass is 222 g/mol. The average molecular weight is 222 g/mol. The van der Waals surface area contributed by atoms with Gasteiger partial charge in [0.25, 0.3) is 0 Å². The third kappa shape index (κ3) is 1.15. The molecule has 16 heavy (non-hydrogen) atoms. The first-order valence-electron chi connectivity index (χ1n) is 6.39. The lowest BCUT2D eigenvalue weighted by Gasteiger charge is -2.48. The molecule has 4 fully saturated rings. The molecule has 3 heteroatoms. The predicted molar refractivity (Wildman–Crippen MR) is 63.0 cm³/mol. The molecule has 2 bridgehead atoms. The van der Waals surface area contributed by atoms with Crippen LogP contribution in [0.4, 0.5) is 0 Å². The number of piperidine rings is 1. The molecule has 3 nitrogen and oxygen atoms in total. The Kier molecular flexibility index (Phi) is 1.86. The van der Waals surface area contributed by atoms with Gasteiger partial charge in [-0.3, -0.25) is 4.79 Å². The van der Waals surface area contributed by atoms with Crippen molar-refractivity contribution in [1.82, 2.24) is 10.2 Å². The van der Waals surface area contributed by atoms with Gasteiger partial charge in [0.15, 0.2) is 0 Å². The molecule has 1 saturated carbocycles. The molecular weight excluding hydrogens is 200 g/mol. The zero-order valence-electron chi connectivity index (χ0n) is 10.7. The highest BCUT2D eigenvalue weighted by Gasteiger charge is 2.69. The maximum Gasteiger partial charge on any atom is 0.226 e. The van der Waals surface area contributed by atoms with E-state index in [1.165, 1.54) is 6.42 Å². The highest BCUT2D eigenvalue weighted by molar-refractivity contribution is 5.84. The molecule has 3 aliphatic heterocycles. The van der Waals surface area contributed by atoms with Crippen LogP contribution in [0.2, 0.25) is 0 Å². The van der Waals surface area contributed by atoms with Crippen LogP contribution < -0.4 is 5.32 Å². The maximum atomic E-state index is 12.5. The lowest BCUT2D eigenvalue weighted by Crippen LogP contribution is -2.67. The van der Waals surface area contributed by atoms with Crippen LogP contribution in [0.25, 0.3) is 0 Å². The number of piperazine rings is 1. The predicted octanol–water partition coefficient (Wildman–Crippen LogP) is 1.24. The molecule has 4 aliphatic rings. The number of hydrogen-bond acceptors (Lipinski definition) is 2. The fourth-order valence-corrected chi connectivity index (χ4v) is 3.69. The number of amides is 1. The van der Waals surface area contributed by atoms with E-state index in [2.05, 4.69) is 37.9 Å². The quantitative estimate of drug-likeness (QED) is 0.724. The van der Waals surface area contributed by atoms with Crippen molar-refractivity contribution in [1.29, 1.82) is 0 Å². The summed E-state index contributed by atoms with van der Waals surface area (Å²) in [6, 6.07) is 1.15. The molecule has 0 aromatic carbocycles. The minimum atomic E-state index is 0.180. The molecule has 0 aromatic heterocycles. The Morgan fingerprint density at radius 3 is 1.94 bits per heavy atom. The molecular formula is C13H22N2O. The molecule has 90 valence electrons. The number of nitrogens with one attached hydrogen (secondary N) is 1. The first-order chi connectivity index (χ1) is 7.34. The van der Waals surface area contributed by atoms with Crippen molar-refractivity contribution >= 4 is 5.91 Å². The second-order valence-electron chi connectivity index (χ2n) is 6.92. The lowest BCUT2D eigenvalue weighted by atomic mass is 9.91. The zero-order valence-corrected chi connectivity index (χ0v) is 10.7. The van der Waals surface area contributed by atoms with Crippen LogP contribution in [0.3, 0.4) is 0 Å². The maximum absolute atomic E-state index is 12.5. The molecule has 2 atom stereocenters. The summed E-state index contributed by atoms with van der Waals surface area (Å²) in [5, 5.41) is 3.47. The summed E-state index contributed by atoms with van der Waals surface area (Å²) < 4.78 is 0. The second kappa shape index (κ2) is 2.81. The third-order valence-corrected chi connectivity index (χ3v) is 5.50. The van der Waals surface area contributed by atoms with Crippen LogP contribution in [0.1, 0.15) is 34.1 Å². The van der Waals surface area contributed by atoms with Gasteiger partial charge >= 0.3 is 0 Å². The van der Waals surface area contributed by atoms with Crippen molar-refractivity contribution in [2.75, 3.05) is 13.1 Å². The van der Waals surface area contributed by atoms with Gasteiger partial charge in [0.1, 0.15) is 0 Å². The fraction of sp³-hybridized carbons (Fsp3) is 0.923. The number of hydrogen-bond donors (Lipinski definition) is 1. The molecule has 0 radical (unpaired) electrons. The van der Waals surface area contributed by atoms with Gasteiger partial charge in [-0.05, 0) is 17.3 Å². The van der Waals surface area contributed by atoms with Crippen molar-refractivity contribution in [3.05, 3.63) is 0 Å². The average Bonchev–Trinajstić information content (AvgIpc) is 2.56. The van der Waals surface area contributed by atoms with E-state index in [4.69, 9.17) is 0 Å². The van der Waals surface area contributed by atoms with Crippen LogP contribution in [-0.4, -0.2) is 36.0 Å². The lowest BCUT2D eigenvalue weighted by molar-refractivity contribution is -0.138. The van der Waals surface area contributed by atoms with E-state index in [0.29, 0.717) is 18.0 Å². The Labute approximate surface area is 97.6 Å². The minimum Gasteiger partial charge on any atom is -0.339 e. The summed E-state index contributed by atoms with van der Waals surface area (Å²) in [7, 11) is 0. The first-order valence-corrected chi connectivity index (χ1v) is 6.39. The SMILES string of the molecule is CC1(C)C(C(=O)N2CC3CC(C2)N3)C1(C)C. The van der Waals surface area contributed by atoms with Gasteiger partial charge in [0.05, 0.1) is 0 Å². The van der Waals surface area contributed by atoms with Gasteiger partial charge in [-0.25, -0.2) is 0 Å². The summed E-state index contributed by atoms with van der Waals surface area (Å²) >= 11 is 0. The van der Waals surface area contributed by atoms with E-state index < -0.39 is 0 Å². The number of rotatable bonds is 1. The Bertz CT molecular complexity index is 318. The number of fused-ring (bicyclic) bond motifs is 2. The summed E-state index contributed by atoms with van der Waals surface area (Å²) in [4.78, 5) is 14.5. The second-order valence-corrected chi connectivity index (χ2v) is 6.92. The minimum absolute atomic E-state index is 0.180. The van der Waals surface area contributed by atoms with E-state index in [-0.39, 0.29) is 16.7 Å². The van der Waals surface area contributed by atoms with Crippen LogP contribution in [0.5, 0.6) is 0 Å². The molecule has 3 saturated heterocycles. The van der Waals surface area contributed by atoms with Gasteiger partial charge < -0.3 is 10.2 Å². The van der Waals surface area contributed by atoms with Crippen molar-refractivity contribution in [2.24, 2.45) is 16.7 Å². The van der Waals surface area contributed by atoms with Gasteiger partial charge in [-0.2, -0.15) is 0 Å². The van der Waals surface area contributed by atoms with Crippen LogP contribution >= 0.6 is 0 Å². The normalized spacial score (nSPS) is 39.1. The highest BCUT2D eigenvalue weighted by atomic mass is 16.2. The molecule has 0 aromatic rings. The van der Waals surface area contributed by atoms with E-state index in [0.717, 1.165) is 13.1 Å². The van der Waals surface area contributed by atoms with Gasteiger partial charge in [-0.15, -0.1) is 0 Å². The molecule has 0 spiro atoms. The Morgan fingerprint density at radius 2 is 1.56 bits per heavy atom. The standard InChI is InChI=1S/C13H22N2O/c1-12(2)10(13(12,3)4)11(16)15-6-8-5-9(7-15)14-8/h8-10,14H,5-7H2,1-4H3. The van der Waals surface area contributed by atoms with Crippen molar-refractivity contribution < 1.29 is 4.79 Å². The molecule has 1 N–H and O–H groups in total.